The van der Waals surface area contributed by atoms with Gasteiger partial charge in [0.15, 0.2) is 0 Å². The molecule has 0 spiro atoms. The maximum atomic E-state index is 10.8. The fourth-order valence-corrected chi connectivity index (χ4v) is 1.16. The van der Waals surface area contributed by atoms with E-state index >= 15 is 0 Å². The minimum Gasteiger partial charge on any atom is -0.465 e. The average molecular weight is 205 g/mol. The van der Waals surface area contributed by atoms with Crippen LogP contribution in [0.1, 0.15) is 26.2 Å². The lowest BCUT2D eigenvalue weighted by molar-refractivity contribution is -0.141. The van der Waals surface area contributed by atoms with Crippen molar-refractivity contribution in [3.8, 4) is 0 Å². The summed E-state index contributed by atoms with van der Waals surface area (Å²) in [5.41, 5.74) is 0. The van der Waals surface area contributed by atoms with E-state index in [1.54, 1.807) is 0 Å². The van der Waals surface area contributed by atoms with Crippen LogP contribution in [0.3, 0.4) is 0 Å². The van der Waals surface area contributed by atoms with Gasteiger partial charge in [-0.3, -0.25) is 4.79 Å². The van der Waals surface area contributed by atoms with Crippen molar-refractivity contribution >= 4 is 18.6 Å². The number of thiol groups is 1. The van der Waals surface area contributed by atoms with Gasteiger partial charge in [-0.05, 0) is 32.1 Å². The van der Waals surface area contributed by atoms with Crippen LogP contribution >= 0.6 is 12.6 Å². The second-order valence-corrected chi connectivity index (χ2v) is 3.21. The van der Waals surface area contributed by atoms with Gasteiger partial charge in [0.1, 0.15) is 0 Å². The molecule has 3 nitrogen and oxygen atoms in total. The lowest BCUT2D eigenvalue weighted by atomic mass is 10.2. The van der Waals surface area contributed by atoms with Crippen LogP contribution in [0.25, 0.3) is 0 Å². The standard InChI is InChI=1S/C9H19NO2S/c1-2-12-9(11)8-10-6-4-3-5-7-13/h10,13H,2-8H2,1H3. The maximum Gasteiger partial charge on any atom is 0.319 e. The van der Waals surface area contributed by atoms with Gasteiger partial charge in [-0.15, -0.1) is 0 Å². The average Bonchev–Trinajstić information content (AvgIpc) is 2.11. The Morgan fingerprint density at radius 2 is 2.15 bits per heavy atom. The van der Waals surface area contributed by atoms with E-state index < -0.39 is 0 Å². The molecule has 0 radical (unpaired) electrons. The van der Waals surface area contributed by atoms with E-state index in [2.05, 4.69) is 17.9 Å². The largest absolute Gasteiger partial charge is 0.465 e. The highest BCUT2D eigenvalue weighted by atomic mass is 32.1. The first-order chi connectivity index (χ1) is 6.31. The molecule has 0 aliphatic carbocycles. The summed E-state index contributed by atoms with van der Waals surface area (Å²) >= 11 is 4.11. The van der Waals surface area contributed by atoms with Crippen molar-refractivity contribution in [2.45, 2.75) is 26.2 Å². The van der Waals surface area contributed by atoms with Gasteiger partial charge in [0, 0.05) is 0 Å². The van der Waals surface area contributed by atoms with Crippen LogP contribution < -0.4 is 5.32 Å². The molecule has 4 heteroatoms. The third-order valence-corrected chi connectivity index (χ3v) is 1.90. The van der Waals surface area contributed by atoms with Crippen LogP contribution in [0, 0.1) is 0 Å². The van der Waals surface area contributed by atoms with E-state index in [-0.39, 0.29) is 5.97 Å². The number of carbonyl (C=O) groups excluding carboxylic acids is 1. The van der Waals surface area contributed by atoms with Crippen LogP contribution in [0.15, 0.2) is 0 Å². The monoisotopic (exact) mass is 205 g/mol. The number of esters is 1. The zero-order valence-corrected chi connectivity index (χ0v) is 9.11. The molecule has 13 heavy (non-hydrogen) atoms. The zero-order valence-electron chi connectivity index (χ0n) is 8.21. The van der Waals surface area contributed by atoms with Crippen molar-refractivity contribution in [3.63, 3.8) is 0 Å². The van der Waals surface area contributed by atoms with Gasteiger partial charge < -0.3 is 10.1 Å². The van der Waals surface area contributed by atoms with E-state index in [1.165, 1.54) is 6.42 Å². The van der Waals surface area contributed by atoms with Crippen molar-refractivity contribution in [2.75, 3.05) is 25.4 Å². The molecule has 0 amide bonds. The molecule has 78 valence electrons. The lowest BCUT2D eigenvalue weighted by Crippen LogP contribution is -2.25. The summed E-state index contributed by atoms with van der Waals surface area (Å²) < 4.78 is 4.76. The van der Waals surface area contributed by atoms with Gasteiger partial charge in [0.05, 0.1) is 13.2 Å². The highest BCUT2D eigenvalue weighted by Crippen LogP contribution is 1.94. The number of hydrogen-bond acceptors (Lipinski definition) is 4. The molecule has 0 saturated heterocycles. The normalized spacial score (nSPS) is 10.0. The third kappa shape index (κ3) is 9.70. The molecule has 0 aromatic heterocycles. The minimum atomic E-state index is -0.170. The molecule has 1 N–H and O–H groups in total. The lowest BCUT2D eigenvalue weighted by Gasteiger charge is -2.03. The summed E-state index contributed by atoms with van der Waals surface area (Å²) in [5.74, 6) is 0.773. The Morgan fingerprint density at radius 3 is 2.77 bits per heavy atom. The van der Waals surface area contributed by atoms with Gasteiger partial charge >= 0.3 is 5.97 Å². The molecule has 0 bridgehead atoms. The first-order valence-electron chi connectivity index (χ1n) is 4.78. The SMILES string of the molecule is CCOC(=O)CNCCCCCS. The van der Waals surface area contributed by atoms with E-state index in [9.17, 15) is 4.79 Å². The Balaban J connectivity index is 3.02. The number of ether oxygens (including phenoxy) is 1. The second kappa shape index (κ2) is 9.86. The molecule has 0 rings (SSSR count). The van der Waals surface area contributed by atoms with Crippen molar-refractivity contribution < 1.29 is 9.53 Å². The van der Waals surface area contributed by atoms with Gasteiger partial charge in [-0.2, -0.15) is 12.6 Å². The van der Waals surface area contributed by atoms with Gasteiger partial charge in [-0.25, -0.2) is 0 Å². The maximum absolute atomic E-state index is 10.8. The third-order valence-electron chi connectivity index (χ3n) is 1.59. The highest BCUT2D eigenvalue weighted by molar-refractivity contribution is 7.80. The molecule has 0 aromatic rings. The zero-order chi connectivity index (χ0) is 9.94. The van der Waals surface area contributed by atoms with E-state index in [4.69, 9.17) is 4.74 Å². The molecular weight excluding hydrogens is 186 g/mol. The molecule has 0 aliphatic heterocycles. The van der Waals surface area contributed by atoms with Crippen molar-refractivity contribution in [3.05, 3.63) is 0 Å². The molecule has 0 aliphatic rings. The summed E-state index contributed by atoms with van der Waals surface area (Å²) in [6.45, 7) is 3.48. The quantitative estimate of drug-likeness (QED) is 0.356. The van der Waals surface area contributed by atoms with Crippen molar-refractivity contribution in [1.82, 2.24) is 5.32 Å². The summed E-state index contributed by atoms with van der Waals surface area (Å²) in [5, 5.41) is 3.03. The van der Waals surface area contributed by atoms with E-state index in [0.29, 0.717) is 13.2 Å². The van der Waals surface area contributed by atoms with Crippen molar-refractivity contribution in [2.24, 2.45) is 0 Å². The van der Waals surface area contributed by atoms with Gasteiger partial charge in [-0.1, -0.05) is 6.42 Å². The van der Waals surface area contributed by atoms with Crippen LogP contribution in [-0.2, 0) is 9.53 Å². The van der Waals surface area contributed by atoms with Crippen LogP contribution in [0.4, 0.5) is 0 Å². The topological polar surface area (TPSA) is 38.3 Å². The molecule has 0 fully saturated rings. The molecule has 0 heterocycles. The van der Waals surface area contributed by atoms with Crippen LogP contribution in [0.5, 0.6) is 0 Å². The number of unbranched alkanes of at least 4 members (excludes halogenated alkanes) is 2. The number of rotatable bonds is 8. The smallest absolute Gasteiger partial charge is 0.319 e. The van der Waals surface area contributed by atoms with Crippen molar-refractivity contribution in [1.29, 1.82) is 0 Å². The summed E-state index contributed by atoms with van der Waals surface area (Å²) in [6, 6.07) is 0. The van der Waals surface area contributed by atoms with Crippen LogP contribution in [0.2, 0.25) is 0 Å². The van der Waals surface area contributed by atoms with E-state index in [1.807, 2.05) is 6.92 Å². The Labute approximate surface area is 85.6 Å². The number of nitrogens with one attached hydrogen (secondary N) is 1. The molecule has 0 aromatic carbocycles. The molecule has 0 saturated carbocycles. The number of carbonyl (C=O) groups is 1. The summed E-state index contributed by atoms with van der Waals surface area (Å²) in [6.07, 6.45) is 3.41. The first-order valence-corrected chi connectivity index (χ1v) is 5.41. The fourth-order valence-electron chi connectivity index (χ4n) is 0.941. The molecule has 0 atom stereocenters. The highest BCUT2D eigenvalue weighted by Gasteiger charge is 1.98. The summed E-state index contributed by atoms with van der Waals surface area (Å²) in [4.78, 5) is 10.8. The predicted octanol–water partition coefficient (Wildman–Crippen LogP) is 1.24. The Morgan fingerprint density at radius 1 is 1.38 bits per heavy atom. The molecule has 0 unspecified atom stereocenters. The van der Waals surface area contributed by atoms with Gasteiger partial charge in [0.25, 0.3) is 0 Å². The molecular formula is C9H19NO2S. The Hall–Kier alpha value is -0.220. The van der Waals surface area contributed by atoms with Gasteiger partial charge in [0.2, 0.25) is 0 Å². The Kier molecular flexibility index (Phi) is 9.70. The Bertz CT molecular complexity index is 131. The summed E-state index contributed by atoms with van der Waals surface area (Å²) in [7, 11) is 0. The second-order valence-electron chi connectivity index (χ2n) is 2.77. The number of hydrogen-bond donors (Lipinski definition) is 2. The minimum absolute atomic E-state index is 0.170. The predicted molar refractivity (Wildman–Crippen MR) is 57.2 cm³/mol. The van der Waals surface area contributed by atoms with Crippen LogP contribution in [-0.4, -0.2) is 31.4 Å². The fraction of sp³-hybridized carbons (Fsp3) is 0.889. The van der Waals surface area contributed by atoms with E-state index in [0.717, 1.165) is 25.1 Å². The first kappa shape index (κ1) is 12.8.